The monoisotopic (exact) mass is 308 g/mol. The van der Waals surface area contributed by atoms with Crippen LogP contribution in [-0.2, 0) is 5.60 Å². The second kappa shape index (κ2) is 4.96. The number of pyridine rings is 1. The van der Waals surface area contributed by atoms with Gasteiger partial charge in [0.15, 0.2) is 0 Å². The number of aromatic nitrogens is 1. The molecule has 0 atom stereocenters. The van der Waals surface area contributed by atoms with E-state index in [9.17, 15) is 14.5 Å². The van der Waals surface area contributed by atoms with Crippen molar-refractivity contribution >= 4 is 17.3 Å². The van der Waals surface area contributed by atoms with Crippen LogP contribution in [0, 0.1) is 15.9 Å². The molecule has 0 bridgehead atoms. The van der Waals surface area contributed by atoms with Crippen molar-refractivity contribution in [2.75, 3.05) is 0 Å². The van der Waals surface area contributed by atoms with Gasteiger partial charge in [-0.15, -0.1) is 0 Å². The molecular weight excluding hydrogens is 299 g/mol. The number of hydrogen-bond acceptors (Lipinski definition) is 4. The third-order valence-corrected chi connectivity index (χ3v) is 3.69. The van der Waals surface area contributed by atoms with E-state index in [4.69, 9.17) is 16.3 Å². The number of hydrogen-bond donors (Lipinski definition) is 0. The number of benzene rings is 1. The second-order valence-corrected chi connectivity index (χ2v) is 5.24. The molecule has 1 aromatic carbocycles. The van der Waals surface area contributed by atoms with Crippen LogP contribution in [0.5, 0.6) is 5.88 Å². The third kappa shape index (κ3) is 2.67. The molecule has 0 radical (unpaired) electrons. The Balaban J connectivity index is 1.83. The van der Waals surface area contributed by atoms with E-state index in [1.807, 2.05) is 0 Å². The van der Waals surface area contributed by atoms with Gasteiger partial charge in [0, 0.05) is 12.1 Å². The van der Waals surface area contributed by atoms with Gasteiger partial charge < -0.3 is 4.74 Å². The molecule has 7 heteroatoms. The summed E-state index contributed by atoms with van der Waals surface area (Å²) < 4.78 is 19.3. The molecule has 0 spiro atoms. The highest BCUT2D eigenvalue weighted by Gasteiger charge is 2.48. The van der Waals surface area contributed by atoms with E-state index in [-0.39, 0.29) is 16.6 Å². The van der Waals surface area contributed by atoms with Crippen LogP contribution in [0.4, 0.5) is 10.1 Å². The van der Waals surface area contributed by atoms with Gasteiger partial charge in [-0.25, -0.2) is 9.37 Å². The summed E-state index contributed by atoms with van der Waals surface area (Å²) in [6.45, 7) is 0. The van der Waals surface area contributed by atoms with Crippen molar-refractivity contribution in [2.24, 2.45) is 0 Å². The molecule has 0 saturated heterocycles. The molecule has 1 fully saturated rings. The van der Waals surface area contributed by atoms with Gasteiger partial charge in [0.1, 0.15) is 17.6 Å². The van der Waals surface area contributed by atoms with Crippen LogP contribution < -0.4 is 4.74 Å². The summed E-state index contributed by atoms with van der Waals surface area (Å²) in [5, 5.41) is 10.6. The smallest absolute Gasteiger partial charge is 0.287 e. The lowest BCUT2D eigenvalue weighted by Gasteiger charge is -2.17. The first-order valence-electron chi connectivity index (χ1n) is 6.25. The average Bonchev–Trinajstić information content (AvgIpc) is 3.23. The summed E-state index contributed by atoms with van der Waals surface area (Å²) in [4.78, 5) is 13.9. The molecule has 108 valence electrons. The zero-order valence-corrected chi connectivity index (χ0v) is 11.5. The van der Waals surface area contributed by atoms with Gasteiger partial charge in [-0.2, -0.15) is 0 Å². The fourth-order valence-electron chi connectivity index (χ4n) is 2.08. The van der Waals surface area contributed by atoms with Gasteiger partial charge in [-0.05, 0) is 30.5 Å². The number of ether oxygens (including phenoxy) is 1. The average molecular weight is 309 g/mol. The number of nitrogens with zero attached hydrogens (tertiary/aromatic N) is 2. The largest absolute Gasteiger partial charge is 0.466 e. The number of halogens is 2. The predicted molar refractivity (Wildman–Crippen MR) is 73.8 cm³/mol. The predicted octanol–water partition coefficient (Wildman–Crippen LogP) is 3.85. The molecule has 0 amide bonds. The van der Waals surface area contributed by atoms with Gasteiger partial charge in [-0.3, -0.25) is 10.1 Å². The summed E-state index contributed by atoms with van der Waals surface area (Å²) in [6.07, 6.45) is 2.59. The normalized spacial score (nSPS) is 15.5. The highest BCUT2D eigenvalue weighted by Crippen LogP contribution is 2.49. The van der Waals surface area contributed by atoms with E-state index in [1.54, 1.807) is 6.07 Å². The van der Waals surface area contributed by atoms with Crippen LogP contribution in [0.25, 0.3) is 0 Å². The zero-order valence-electron chi connectivity index (χ0n) is 10.8. The highest BCUT2D eigenvalue weighted by atomic mass is 35.5. The molecular formula is C14H10ClFN2O3. The summed E-state index contributed by atoms with van der Waals surface area (Å²) >= 11 is 5.67. The van der Waals surface area contributed by atoms with Crippen molar-refractivity contribution in [2.45, 2.75) is 18.4 Å². The van der Waals surface area contributed by atoms with Crippen LogP contribution in [0.3, 0.4) is 0 Å². The fourth-order valence-corrected chi connectivity index (χ4v) is 2.20. The molecule has 5 nitrogen and oxygen atoms in total. The van der Waals surface area contributed by atoms with Crippen molar-refractivity contribution < 1.29 is 14.1 Å². The van der Waals surface area contributed by atoms with E-state index in [0.717, 1.165) is 19.0 Å². The first kappa shape index (κ1) is 13.8. The lowest BCUT2D eigenvalue weighted by molar-refractivity contribution is -0.385. The Hall–Kier alpha value is -2.21. The molecule has 1 aliphatic rings. The maximum Gasteiger partial charge on any atom is 0.287 e. The summed E-state index contributed by atoms with van der Waals surface area (Å²) in [5.74, 6) is -0.228. The van der Waals surface area contributed by atoms with Crippen molar-refractivity contribution in [1.29, 1.82) is 0 Å². The number of nitro groups is 1. The SMILES string of the molecule is O=[N+]([O-])c1ccc(OC2(c3ccc(Cl)c(F)c3)CC2)nc1. The Labute approximate surface area is 124 Å². The molecule has 2 aromatic rings. The van der Waals surface area contributed by atoms with Gasteiger partial charge >= 0.3 is 0 Å². The molecule has 1 aromatic heterocycles. The molecule has 0 aliphatic heterocycles. The Morgan fingerprint density at radius 3 is 2.62 bits per heavy atom. The van der Waals surface area contributed by atoms with Gasteiger partial charge in [0.05, 0.1) is 9.95 Å². The zero-order chi connectivity index (χ0) is 15.0. The van der Waals surface area contributed by atoms with Crippen LogP contribution in [0.2, 0.25) is 5.02 Å². The summed E-state index contributed by atoms with van der Waals surface area (Å²) in [6, 6.07) is 7.30. The molecule has 21 heavy (non-hydrogen) atoms. The van der Waals surface area contributed by atoms with Crippen LogP contribution >= 0.6 is 11.6 Å². The molecule has 3 rings (SSSR count). The lowest BCUT2D eigenvalue weighted by Crippen LogP contribution is -2.16. The Kier molecular flexibility index (Phi) is 3.25. The minimum atomic E-state index is -0.617. The second-order valence-electron chi connectivity index (χ2n) is 4.84. The first-order valence-corrected chi connectivity index (χ1v) is 6.63. The van der Waals surface area contributed by atoms with Crippen molar-refractivity contribution in [3.05, 3.63) is 63.0 Å². The third-order valence-electron chi connectivity index (χ3n) is 3.38. The van der Waals surface area contributed by atoms with Crippen LogP contribution in [-0.4, -0.2) is 9.91 Å². The maximum absolute atomic E-state index is 13.5. The van der Waals surface area contributed by atoms with E-state index < -0.39 is 16.3 Å². The van der Waals surface area contributed by atoms with Crippen molar-refractivity contribution in [1.82, 2.24) is 4.98 Å². The Morgan fingerprint density at radius 2 is 2.10 bits per heavy atom. The van der Waals surface area contributed by atoms with Crippen molar-refractivity contribution in [3.63, 3.8) is 0 Å². The topological polar surface area (TPSA) is 65.3 Å². The molecule has 0 N–H and O–H groups in total. The maximum atomic E-state index is 13.5. The minimum Gasteiger partial charge on any atom is -0.466 e. The van der Waals surface area contributed by atoms with E-state index >= 15 is 0 Å². The van der Waals surface area contributed by atoms with Gasteiger partial charge in [0.25, 0.3) is 5.69 Å². The summed E-state index contributed by atoms with van der Waals surface area (Å²) in [5.41, 5.74) is -0.0385. The Bertz CT molecular complexity index is 702. The van der Waals surface area contributed by atoms with E-state index in [1.165, 1.54) is 24.3 Å². The molecule has 0 unspecified atom stereocenters. The minimum absolute atomic E-state index is 0.0583. The quantitative estimate of drug-likeness (QED) is 0.635. The molecule has 1 heterocycles. The standard InChI is InChI=1S/C14H10ClFN2O3/c15-11-3-1-9(7-12(11)16)14(5-6-14)21-13-4-2-10(8-17-13)18(19)20/h1-4,7-8H,5-6H2. The lowest BCUT2D eigenvalue weighted by atomic mass is 10.1. The molecule has 1 saturated carbocycles. The fraction of sp³-hybridized carbons (Fsp3) is 0.214. The van der Waals surface area contributed by atoms with Crippen LogP contribution in [0.1, 0.15) is 18.4 Å². The van der Waals surface area contributed by atoms with Crippen LogP contribution in [0.15, 0.2) is 36.5 Å². The number of rotatable bonds is 4. The van der Waals surface area contributed by atoms with E-state index in [0.29, 0.717) is 5.56 Å². The van der Waals surface area contributed by atoms with Gasteiger partial charge in [-0.1, -0.05) is 17.7 Å². The molecule has 1 aliphatic carbocycles. The Morgan fingerprint density at radius 1 is 1.33 bits per heavy atom. The van der Waals surface area contributed by atoms with Gasteiger partial charge in [0.2, 0.25) is 5.88 Å². The van der Waals surface area contributed by atoms with Crippen molar-refractivity contribution in [3.8, 4) is 5.88 Å². The summed E-state index contributed by atoms with van der Waals surface area (Å²) in [7, 11) is 0. The highest BCUT2D eigenvalue weighted by molar-refractivity contribution is 6.30. The van der Waals surface area contributed by atoms with E-state index in [2.05, 4.69) is 4.98 Å². The first-order chi connectivity index (χ1) is 10.00.